The van der Waals surface area contributed by atoms with Crippen LogP contribution in [0.15, 0.2) is 39.9 Å². The molecule has 0 bridgehead atoms. The van der Waals surface area contributed by atoms with E-state index in [-0.39, 0.29) is 0 Å². The molecule has 1 fully saturated rings. The van der Waals surface area contributed by atoms with Crippen LogP contribution in [-0.2, 0) is 0 Å². The van der Waals surface area contributed by atoms with E-state index in [2.05, 4.69) is 51.3 Å². The van der Waals surface area contributed by atoms with Crippen molar-refractivity contribution >= 4 is 28.2 Å². The Balaban J connectivity index is 1.91. The maximum Gasteiger partial charge on any atom is 0.0964 e. The predicted octanol–water partition coefficient (Wildman–Crippen LogP) is 1.24. The molecule has 1 aliphatic heterocycles. The number of piperazine rings is 1. The molecule has 0 unspecified atom stereocenters. The molecule has 0 atom stereocenters. The number of hydrogen-bond acceptors (Lipinski definition) is 2. The van der Waals surface area contributed by atoms with Crippen molar-refractivity contribution in [1.29, 1.82) is 0 Å². The lowest BCUT2D eigenvalue weighted by molar-refractivity contribution is -0.884. The van der Waals surface area contributed by atoms with Crippen LogP contribution in [0.5, 0.6) is 0 Å². The van der Waals surface area contributed by atoms with Crippen LogP contribution in [0.2, 0.25) is 0 Å². The topological polar surface area (TPSA) is 20.0 Å². The van der Waals surface area contributed by atoms with E-state index in [0.717, 1.165) is 30.7 Å². The van der Waals surface area contributed by atoms with Crippen molar-refractivity contribution in [3.8, 4) is 0 Å². The Hall–Kier alpha value is -1.13. The SMILES string of the molecule is C[NH+]1CCN(/N=C\C(Br)=C\c2ccccc2)CC1. The van der Waals surface area contributed by atoms with Crippen LogP contribution in [0, 0.1) is 0 Å². The Labute approximate surface area is 117 Å². The zero-order valence-corrected chi connectivity index (χ0v) is 12.2. The maximum atomic E-state index is 4.49. The van der Waals surface area contributed by atoms with Crippen LogP contribution in [-0.4, -0.2) is 44.5 Å². The average Bonchev–Trinajstić information content (AvgIpc) is 2.39. The molecular formula is C14H19BrN3+. The standard InChI is InChI=1S/C14H18BrN3/c1-17-7-9-18(10-8-17)16-12-14(15)11-13-5-3-2-4-6-13/h2-6,11-12H,7-10H2,1H3/p+1/b14-11-,16-12-. The summed E-state index contributed by atoms with van der Waals surface area (Å²) in [6, 6.07) is 10.2. The third kappa shape index (κ3) is 4.27. The summed E-state index contributed by atoms with van der Waals surface area (Å²) < 4.78 is 1.000. The van der Waals surface area contributed by atoms with Gasteiger partial charge in [-0.3, -0.25) is 5.01 Å². The summed E-state index contributed by atoms with van der Waals surface area (Å²) in [4.78, 5) is 1.58. The van der Waals surface area contributed by atoms with E-state index in [0.29, 0.717) is 0 Å². The first-order valence-electron chi connectivity index (χ1n) is 6.26. The van der Waals surface area contributed by atoms with Gasteiger partial charge in [-0.05, 0) is 27.6 Å². The van der Waals surface area contributed by atoms with E-state index >= 15 is 0 Å². The van der Waals surface area contributed by atoms with Gasteiger partial charge < -0.3 is 4.90 Å². The molecule has 1 heterocycles. The molecule has 0 saturated carbocycles. The summed E-state index contributed by atoms with van der Waals surface area (Å²) in [6.45, 7) is 4.40. The fourth-order valence-corrected chi connectivity index (χ4v) is 2.23. The second-order valence-electron chi connectivity index (χ2n) is 4.60. The van der Waals surface area contributed by atoms with E-state index < -0.39 is 0 Å². The fraction of sp³-hybridized carbons (Fsp3) is 0.357. The Morgan fingerprint density at radius 2 is 1.94 bits per heavy atom. The monoisotopic (exact) mass is 308 g/mol. The molecule has 0 aromatic heterocycles. The van der Waals surface area contributed by atoms with Gasteiger partial charge in [0.05, 0.1) is 39.4 Å². The molecule has 1 N–H and O–H groups in total. The number of quaternary nitrogens is 1. The van der Waals surface area contributed by atoms with E-state index in [1.165, 1.54) is 5.56 Å². The molecule has 0 radical (unpaired) electrons. The number of nitrogens with one attached hydrogen (secondary N) is 1. The van der Waals surface area contributed by atoms with Crippen molar-refractivity contribution in [3.63, 3.8) is 0 Å². The maximum absolute atomic E-state index is 4.49. The molecule has 4 heteroatoms. The molecule has 0 amide bonds. The number of nitrogens with zero attached hydrogens (tertiary/aromatic N) is 2. The molecule has 2 rings (SSSR count). The summed E-state index contributed by atoms with van der Waals surface area (Å²) in [6.07, 6.45) is 3.96. The highest BCUT2D eigenvalue weighted by molar-refractivity contribution is 9.12. The number of hydrazone groups is 1. The van der Waals surface area contributed by atoms with Gasteiger partial charge in [-0.15, -0.1) is 0 Å². The highest BCUT2D eigenvalue weighted by atomic mass is 79.9. The van der Waals surface area contributed by atoms with Gasteiger partial charge in [-0.2, -0.15) is 5.10 Å². The smallest absolute Gasteiger partial charge is 0.0964 e. The number of rotatable bonds is 3. The zero-order valence-electron chi connectivity index (χ0n) is 10.6. The first-order chi connectivity index (χ1) is 8.74. The minimum atomic E-state index is 1.000. The molecular weight excluding hydrogens is 290 g/mol. The minimum Gasteiger partial charge on any atom is -0.334 e. The minimum absolute atomic E-state index is 1.000. The Bertz CT molecular complexity index is 420. The number of hydrogen-bond donors (Lipinski definition) is 1. The zero-order chi connectivity index (χ0) is 12.8. The van der Waals surface area contributed by atoms with Crippen molar-refractivity contribution in [2.75, 3.05) is 33.2 Å². The summed E-state index contributed by atoms with van der Waals surface area (Å²) in [5.41, 5.74) is 1.18. The van der Waals surface area contributed by atoms with Crippen molar-refractivity contribution in [1.82, 2.24) is 5.01 Å². The third-order valence-electron chi connectivity index (χ3n) is 3.04. The van der Waals surface area contributed by atoms with E-state index in [1.54, 1.807) is 4.90 Å². The quantitative estimate of drug-likeness (QED) is 0.833. The molecule has 18 heavy (non-hydrogen) atoms. The van der Waals surface area contributed by atoms with Crippen molar-refractivity contribution in [2.24, 2.45) is 5.10 Å². The van der Waals surface area contributed by atoms with Gasteiger partial charge in [-0.25, -0.2) is 0 Å². The van der Waals surface area contributed by atoms with Crippen LogP contribution in [0.25, 0.3) is 6.08 Å². The third-order valence-corrected chi connectivity index (χ3v) is 3.48. The highest BCUT2D eigenvalue weighted by Gasteiger charge is 2.13. The molecule has 0 spiro atoms. The van der Waals surface area contributed by atoms with Gasteiger partial charge >= 0.3 is 0 Å². The average molecular weight is 309 g/mol. The number of likely N-dealkylation sites (N-methyl/N-ethyl adjacent to an activating group) is 1. The molecule has 1 saturated heterocycles. The van der Waals surface area contributed by atoms with Gasteiger partial charge in [0.1, 0.15) is 0 Å². The van der Waals surface area contributed by atoms with Crippen molar-refractivity contribution < 1.29 is 4.90 Å². The van der Waals surface area contributed by atoms with Crippen LogP contribution in [0.4, 0.5) is 0 Å². The van der Waals surface area contributed by atoms with Gasteiger partial charge in [0.2, 0.25) is 0 Å². The van der Waals surface area contributed by atoms with Gasteiger partial charge in [0, 0.05) is 4.48 Å². The molecule has 0 aliphatic carbocycles. The Morgan fingerprint density at radius 3 is 2.61 bits per heavy atom. The second-order valence-corrected chi connectivity index (χ2v) is 5.51. The summed E-state index contributed by atoms with van der Waals surface area (Å²) in [7, 11) is 2.23. The van der Waals surface area contributed by atoms with E-state index in [1.807, 2.05) is 24.4 Å². The molecule has 1 aliphatic rings. The van der Waals surface area contributed by atoms with Crippen LogP contribution >= 0.6 is 15.9 Å². The summed E-state index contributed by atoms with van der Waals surface area (Å²) in [5.74, 6) is 0. The Morgan fingerprint density at radius 1 is 1.28 bits per heavy atom. The highest BCUT2D eigenvalue weighted by Crippen LogP contribution is 2.10. The van der Waals surface area contributed by atoms with Crippen LogP contribution < -0.4 is 4.90 Å². The first kappa shape index (κ1) is 13.3. The van der Waals surface area contributed by atoms with E-state index in [9.17, 15) is 0 Å². The number of allylic oxidation sites excluding steroid dienone is 1. The lowest BCUT2D eigenvalue weighted by Crippen LogP contribution is -3.11. The second kappa shape index (κ2) is 6.71. The Kier molecular flexibility index (Phi) is 4.96. The summed E-state index contributed by atoms with van der Waals surface area (Å²) in [5, 5.41) is 6.63. The number of halogens is 1. The molecule has 1 aromatic rings. The van der Waals surface area contributed by atoms with Crippen molar-refractivity contribution in [3.05, 3.63) is 40.4 Å². The van der Waals surface area contributed by atoms with Gasteiger partial charge in [-0.1, -0.05) is 30.3 Å². The normalized spacial score (nSPS) is 18.6. The summed E-state index contributed by atoms with van der Waals surface area (Å²) >= 11 is 3.53. The lowest BCUT2D eigenvalue weighted by Gasteiger charge is -2.27. The number of benzene rings is 1. The van der Waals surface area contributed by atoms with Gasteiger partial charge in [0.15, 0.2) is 0 Å². The predicted molar refractivity (Wildman–Crippen MR) is 80.0 cm³/mol. The molecule has 3 nitrogen and oxygen atoms in total. The lowest BCUT2D eigenvalue weighted by atomic mass is 10.2. The largest absolute Gasteiger partial charge is 0.334 e. The van der Waals surface area contributed by atoms with E-state index in [4.69, 9.17) is 0 Å². The fourth-order valence-electron chi connectivity index (χ4n) is 1.87. The molecule has 96 valence electrons. The van der Waals surface area contributed by atoms with Crippen LogP contribution in [0.1, 0.15) is 5.56 Å². The van der Waals surface area contributed by atoms with Crippen molar-refractivity contribution in [2.45, 2.75) is 0 Å². The van der Waals surface area contributed by atoms with Gasteiger partial charge in [0.25, 0.3) is 0 Å². The van der Waals surface area contributed by atoms with Crippen LogP contribution in [0.3, 0.4) is 0 Å². The first-order valence-corrected chi connectivity index (χ1v) is 7.06. The molecule has 1 aromatic carbocycles.